The topological polar surface area (TPSA) is 58.1 Å². The van der Waals surface area contributed by atoms with E-state index in [0.29, 0.717) is 23.9 Å². The Hall–Kier alpha value is -3.21. The van der Waals surface area contributed by atoms with Crippen LogP contribution >= 0.6 is 0 Å². The lowest BCUT2D eigenvalue weighted by Gasteiger charge is -2.18. The Morgan fingerprint density at radius 1 is 1.00 bits per heavy atom. The molecule has 0 spiro atoms. The van der Waals surface area contributed by atoms with Crippen LogP contribution in [0.15, 0.2) is 66.7 Å². The van der Waals surface area contributed by atoms with Crippen LogP contribution in [0.2, 0.25) is 0 Å². The Kier molecular flexibility index (Phi) is 6.15. The summed E-state index contributed by atoms with van der Waals surface area (Å²) in [6.07, 6.45) is 0.974. The van der Waals surface area contributed by atoms with Crippen molar-refractivity contribution in [2.24, 2.45) is 0 Å². The van der Waals surface area contributed by atoms with Gasteiger partial charge >= 0.3 is 0 Å². The van der Waals surface area contributed by atoms with Gasteiger partial charge in [-0.15, -0.1) is 0 Å². The van der Waals surface area contributed by atoms with Crippen LogP contribution in [0.4, 0.5) is 5.82 Å². The quantitative estimate of drug-likeness (QED) is 0.685. The molecule has 27 heavy (non-hydrogen) atoms. The first-order chi connectivity index (χ1) is 13.2. The molecule has 0 unspecified atom stereocenters. The van der Waals surface area contributed by atoms with E-state index in [1.165, 1.54) is 0 Å². The molecule has 1 heterocycles. The zero-order valence-corrected chi connectivity index (χ0v) is 15.7. The highest BCUT2D eigenvalue weighted by molar-refractivity contribution is 5.93. The van der Waals surface area contributed by atoms with E-state index >= 15 is 0 Å². The molecule has 0 aliphatic carbocycles. The Morgan fingerprint density at radius 2 is 1.67 bits per heavy atom. The molecule has 1 aromatic heterocycles. The fourth-order valence-electron chi connectivity index (χ4n) is 2.74. The molecule has 5 heteroatoms. The van der Waals surface area contributed by atoms with E-state index in [-0.39, 0.29) is 5.91 Å². The normalized spacial score (nSPS) is 10.4. The molecule has 2 aromatic carbocycles. The Morgan fingerprint density at radius 3 is 2.33 bits per heavy atom. The summed E-state index contributed by atoms with van der Waals surface area (Å²) in [4.78, 5) is 23.7. The first-order valence-corrected chi connectivity index (χ1v) is 9.15. The summed E-state index contributed by atoms with van der Waals surface area (Å²) in [6, 6.07) is 21.4. The highest BCUT2D eigenvalue weighted by Gasteiger charge is 2.17. The number of benzene rings is 2. The minimum Gasteiger partial charge on any atom is -0.370 e. The number of nitrogens with zero attached hydrogens (tertiary/aromatic N) is 3. The van der Waals surface area contributed by atoms with Crippen molar-refractivity contribution in [3.8, 4) is 11.4 Å². The lowest BCUT2D eigenvalue weighted by Crippen LogP contribution is -2.27. The van der Waals surface area contributed by atoms with Crippen LogP contribution in [-0.2, 0) is 6.54 Å². The van der Waals surface area contributed by atoms with Crippen molar-refractivity contribution in [3.05, 3.63) is 78.0 Å². The maximum absolute atomic E-state index is 13.0. The Bertz CT molecular complexity index is 881. The highest BCUT2D eigenvalue weighted by Crippen LogP contribution is 2.19. The van der Waals surface area contributed by atoms with E-state index < -0.39 is 0 Å². The average Bonchev–Trinajstić information content (AvgIpc) is 2.72. The molecule has 5 nitrogen and oxygen atoms in total. The molecule has 0 aliphatic rings. The van der Waals surface area contributed by atoms with Crippen molar-refractivity contribution < 1.29 is 4.79 Å². The number of anilines is 1. The van der Waals surface area contributed by atoms with Crippen molar-refractivity contribution in [1.82, 2.24) is 14.9 Å². The standard InChI is InChI=1S/C22H24N4O/c1-3-14-23-20-15-19(24-21(25-20)18-12-8-5-9-13-18)22(27)26(2)16-17-10-6-4-7-11-17/h4-13,15H,3,14,16H2,1-2H3,(H,23,24,25). The monoisotopic (exact) mass is 360 g/mol. The van der Waals surface area contributed by atoms with Crippen LogP contribution < -0.4 is 5.32 Å². The molecule has 1 N–H and O–H groups in total. The van der Waals surface area contributed by atoms with Gasteiger partial charge in [-0.3, -0.25) is 4.79 Å². The molecule has 0 radical (unpaired) electrons. The van der Waals surface area contributed by atoms with Crippen molar-refractivity contribution in [1.29, 1.82) is 0 Å². The number of amides is 1. The molecule has 0 saturated carbocycles. The fourth-order valence-corrected chi connectivity index (χ4v) is 2.74. The van der Waals surface area contributed by atoms with Crippen molar-refractivity contribution in [3.63, 3.8) is 0 Å². The van der Waals surface area contributed by atoms with E-state index in [9.17, 15) is 4.79 Å². The number of hydrogen-bond acceptors (Lipinski definition) is 4. The first kappa shape index (κ1) is 18.6. The van der Waals surface area contributed by atoms with Gasteiger partial charge in [-0.05, 0) is 12.0 Å². The minimum absolute atomic E-state index is 0.127. The Labute approximate surface area is 160 Å². The maximum Gasteiger partial charge on any atom is 0.272 e. The second-order valence-electron chi connectivity index (χ2n) is 6.40. The summed E-state index contributed by atoms with van der Waals surface area (Å²) in [6.45, 7) is 3.41. The van der Waals surface area contributed by atoms with Crippen LogP contribution in [0.5, 0.6) is 0 Å². The van der Waals surface area contributed by atoms with E-state index in [0.717, 1.165) is 24.1 Å². The van der Waals surface area contributed by atoms with Gasteiger partial charge in [-0.25, -0.2) is 9.97 Å². The van der Waals surface area contributed by atoms with Gasteiger partial charge in [-0.2, -0.15) is 0 Å². The van der Waals surface area contributed by atoms with Gasteiger partial charge in [-0.1, -0.05) is 67.6 Å². The van der Waals surface area contributed by atoms with Crippen molar-refractivity contribution in [2.75, 3.05) is 18.9 Å². The number of carbonyl (C=O) groups excluding carboxylic acids is 1. The molecule has 138 valence electrons. The molecule has 0 saturated heterocycles. The van der Waals surface area contributed by atoms with Crippen LogP contribution in [0.25, 0.3) is 11.4 Å². The van der Waals surface area contributed by atoms with Crippen LogP contribution in [0.3, 0.4) is 0 Å². The van der Waals surface area contributed by atoms with Gasteiger partial charge in [0.2, 0.25) is 0 Å². The lowest BCUT2D eigenvalue weighted by molar-refractivity contribution is 0.0779. The molecule has 3 rings (SSSR count). The maximum atomic E-state index is 13.0. The zero-order valence-electron chi connectivity index (χ0n) is 15.7. The summed E-state index contributed by atoms with van der Waals surface area (Å²) in [5.41, 5.74) is 2.35. The molecule has 0 fully saturated rings. The second kappa shape index (κ2) is 8.94. The Balaban J connectivity index is 1.89. The first-order valence-electron chi connectivity index (χ1n) is 9.15. The van der Waals surface area contributed by atoms with E-state index in [4.69, 9.17) is 0 Å². The summed E-state index contributed by atoms with van der Waals surface area (Å²) in [5, 5.41) is 3.27. The number of rotatable bonds is 7. The van der Waals surface area contributed by atoms with E-state index in [2.05, 4.69) is 22.2 Å². The van der Waals surface area contributed by atoms with Crippen LogP contribution in [0.1, 0.15) is 29.4 Å². The van der Waals surface area contributed by atoms with Crippen LogP contribution in [-0.4, -0.2) is 34.4 Å². The smallest absolute Gasteiger partial charge is 0.272 e. The lowest BCUT2D eigenvalue weighted by atomic mass is 10.2. The molecular weight excluding hydrogens is 336 g/mol. The number of carbonyl (C=O) groups is 1. The third-order valence-corrected chi connectivity index (χ3v) is 4.14. The highest BCUT2D eigenvalue weighted by atomic mass is 16.2. The molecule has 3 aromatic rings. The van der Waals surface area contributed by atoms with Crippen molar-refractivity contribution >= 4 is 11.7 Å². The molecule has 0 aliphatic heterocycles. The fraction of sp³-hybridized carbons (Fsp3) is 0.227. The third kappa shape index (κ3) is 4.91. The van der Waals surface area contributed by atoms with Gasteiger partial charge in [0, 0.05) is 31.8 Å². The van der Waals surface area contributed by atoms with Gasteiger partial charge in [0.15, 0.2) is 5.82 Å². The SMILES string of the molecule is CCCNc1cc(C(=O)N(C)Cc2ccccc2)nc(-c2ccccc2)n1. The predicted molar refractivity (Wildman–Crippen MR) is 108 cm³/mol. The van der Waals surface area contributed by atoms with E-state index in [1.807, 2.05) is 60.7 Å². The van der Waals surface area contributed by atoms with Gasteiger partial charge in [0.05, 0.1) is 0 Å². The summed E-state index contributed by atoms with van der Waals surface area (Å²) >= 11 is 0. The van der Waals surface area contributed by atoms with Gasteiger partial charge in [0.25, 0.3) is 5.91 Å². The van der Waals surface area contributed by atoms with Crippen LogP contribution in [0, 0.1) is 0 Å². The number of hydrogen-bond donors (Lipinski definition) is 1. The second-order valence-corrected chi connectivity index (χ2v) is 6.40. The predicted octanol–water partition coefficient (Wildman–Crippen LogP) is 4.24. The molecule has 1 amide bonds. The number of aromatic nitrogens is 2. The zero-order chi connectivity index (χ0) is 19.1. The summed E-state index contributed by atoms with van der Waals surface area (Å²) < 4.78 is 0. The van der Waals surface area contributed by atoms with Crippen molar-refractivity contribution in [2.45, 2.75) is 19.9 Å². The minimum atomic E-state index is -0.127. The largest absolute Gasteiger partial charge is 0.370 e. The third-order valence-electron chi connectivity index (χ3n) is 4.14. The van der Waals surface area contributed by atoms with Gasteiger partial charge in [0.1, 0.15) is 11.5 Å². The summed E-state index contributed by atoms with van der Waals surface area (Å²) in [7, 11) is 1.79. The number of nitrogens with one attached hydrogen (secondary N) is 1. The molecule has 0 bridgehead atoms. The van der Waals surface area contributed by atoms with Gasteiger partial charge < -0.3 is 10.2 Å². The summed E-state index contributed by atoms with van der Waals surface area (Å²) in [5.74, 6) is 1.09. The van der Waals surface area contributed by atoms with E-state index in [1.54, 1.807) is 18.0 Å². The molecule has 0 atom stereocenters. The molecular formula is C22H24N4O. The average molecular weight is 360 g/mol.